The fourth-order valence-corrected chi connectivity index (χ4v) is 3.98. The van der Waals surface area contributed by atoms with E-state index < -0.39 is 0 Å². The summed E-state index contributed by atoms with van der Waals surface area (Å²) in [6, 6.07) is 44.0. The zero-order valence-electron chi connectivity index (χ0n) is 22.0. The van der Waals surface area contributed by atoms with E-state index >= 15 is 0 Å². The number of aliphatic imine (C=N–C) groups is 3. The van der Waals surface area contributed by atoms with Gasteiger partial charge < -0.3 is 5.32 Å². The number of amidine groups is 1. The summed E-state index contributed by atoms with van der Waals surface area (Å²) >= 11 is 1.66. The van der Waals surface area contributed by atoms with Gasteiger partial charge in [0.1, 0.15) is 0 Å². The Hall–Kier alpha value is -3.92. The maximum atomic E-state index is 4.61. The highest BCUT2D eigenvalue weighted by Gasteiger charge is 1.97. The first-order valence-electron chi connectivity index (χ1n) is 12.9. The molecule has 0 saturated carbocycles. The van der Waals surface area contributed by atoms with Crippen LogP contribution in [0.1, 0.15) is 22.3 Å². The molecule has 0 spiro atoms. The Morgan fingerprint density at radius 2 is 1.08 bits per heavy atom. The SMILES string of the molecule is C(=NCCc1ccccc1)=NCc1ccccc1.CSC(=NCc1ccccc1)NCCc1ccccc1. The van der Waals surface area contributed by atoms with Crippen LogP contribution in [0.25, 0.3) is 0 Å². The van der Waals surface area contributed by atoms with Gasteiger partial charge in [-0.3, -0.25) is 4.99 Å². The van der Waals surface area contributed by atoms with Gasteiger partial charge >= 0.3 is 0 Å². The number of nitrogens with zero attached hydrogens (tertiary/aromatic N) is 3. The van der Waals surface area contributed by atoms with E-state index in [9.17, 15) is 0 Å². The molecular formula is C33H36N4S. The molecule has 38 heavy (non-hydrogen) atoms. The van der Waals surface area contributed by atoms with Crippen LogP contribution in [0.4, 0.5) is 0 Å². The molecule has 0 heterocycles. The van der Waals surface area contributed by atoms with E-state index in [1.807, 2.05) is 60.7 Å². The minimum atomic E-state index is 0.648. The van der Waals surface area contributed by atoms with E-state index in [0.29, 0.717) is 6.54 Å². The van der Waals surface area contributed by atoms with E-state index in [1.165, 1.54) is 22.3 Å². The highest BCUT2D eigenvalue weighted by Crippen LogP contribution is 2.04. The third kappa shape index (κ3) is 12.4. The van der Waals surface area contributed by atoms with Crippen LogP contribution in [0.5, 0.6) is 0 Å². The van der Waals surface area contributed by atoms with Crippen molar-refractivity contribution < 1.29 is 0 Å². The van der Waals surface area contributed by atoms with Crippen molar-refractivity contribution in [2.45, 2.75) is 25.9 Å². The molecule has 5 heteroatoms. The molecular weight excluding hydrogens is 484 g/mol. The zero-order chi connectivity index (χ0) is 26.5. The maximum absolute atomic E-state index is 4.61. The Bertz CT molecular complexity index is 1240. The molecule has 194 valence electrons. The van der Waals surface area contributed by atoms with Crippen molar-refractivity contribution in [1.29, 1.82) is 0 Å². The van der Waals surface area contributed by atoms with Crippen molar-refractivity contribution >= 4 is 22.9 Å². The normalized spacial score (nSPS) is 10.5. The summed E-state index contributed by atoms with van der Waals surface area (Å²) < 4.78 is 0. The van der Waals surface area contributed by atoms with Crippen LogP contribution >= 0.6 is 11.8 Å². The number of thioether (sulfide) groups is 1. The zero-order valence-corrected chi connectivity index (χ0v) is 22.9. The first-order chi connectivity index (χ1) is 18.8. The second-order valence-corrected chi connectivity index (χ2v) is 9.29. The smallest absolute Gasteiger partial charge is 0.156 e. The van der Waals surface area contributed by atoms with E-state index in [1.54, 1.807) is 11.8 Å². The molecule has 0 bridgehead atoms. The van der Waals surface area contributed by atoms with Gasteiger partial charge in [-0.2, -0.15) is 0 Å². The third-order valence-corrected chi connectivity index (χ3v) is 6.24. The fourth-order valence-electron chi connectivity index (χ4n) is 3.54. The van der Waals surface area contributed by atoms with E-state index in [4.69, 9.17) is 0 Å². The van der Waals surface area contributed by atoms with Gasteiger partial charge in [-0.1, -0.05) is 133 Å². The number of nitrogens with one attached hydrogen (secondary N) is 1. The van der Waals surface area contributed by atoms with Crippen LogP contribution in [-0.4, -0.2) is 30.5 Å². The Kier molecular flexibility index (Phi) is 13.8. The van der Waals surface area contributed by atoms with Crippen LogP contribution in [0.2, 0.25) is 0 Å². The molecule has 0 radical (unpaired) electrons. The fraction of sp³-hybridized carbons (Fsp3) is 0.212. The Morgan fingerprint density at radius 3 is 1.61 bits per heavy atom. The highest BCUT2D eigenvalue weighted by molar-refractivity contribution is 8.13. The minimum absolute atomic E-state index is 0.648. The van der Waals surface area contributed by atoms with Gasteiger partial charge in [0.2, 0.25) is 0 Å². The molecule has 0 unspecified atom stereocenters. The topological polar surface area (TPSA) is 49.1 Å². The largest absolute Gasteiger partial charge is 0.365 e. The van der Waals surface area contributed by atoms with E-state index in [0.717, 1.165) is 37.6 Å². The predicted octanol–water partition coefficient (Wildman–Crippen LogP) is 7.34. The summed E-state index contributed by atoms with van der Waals surface area (Å²) in [5, 5.41) is 4.41. The van der Waals surface area contributed by atoms with Crippen molar-refractivity contribution in [2.24, 2.45) is 15.0 Å². The second kappa shape index (κ2) is 18.3. The average molecular weight is 521 g/mol. The van der Waals surface area contributed by atoms with Crippen molar-refractivity contribution in [3.63, 3.8) is 0 Å². The standard InChI is InChI=1S/C17H20N2S.C16H16N2/c1-20-17(19-14-16-10-6-3-7-11-16)18-13-12-15-8-4-2-5-9-15;1-3-7-15(8-4-1)11-12-17-14-18-13-16-9-5-2-6-10-16/h2-11H,12-14H2,1H3,(H,18,19);1-10H,11-13H2. The molecule has 4 rings (SSSR count). The summed E-state index contributed by atoms with van der Waals surface area (Å²) in [5.74, 6) is 0. The summed E-state index contributed by atoms with van der Waals surface area (Å²) in [4.78, 5) is 12.9. The van der Waals surface area contributed by atoms with E-state index in [-0.39, 0.29) is 0 Å². The third-order valence-electron chi connectivity index (χ3n) is 5.58. The summed E-state index contributed by atoms with van der Waals surface area (Å²) in [7, 11) is 0. The molecule has 4 nitrogen and oxygen atoms in total. The monoisotopic (exact) mass is 520 g/mol. The molecule has 0 aliphatic heterocycles. The summed E-state index contributed by atoms with van der Waals surface area (Å²) in [6.07, 6.45) is 4.01. The molecule has 4 aromatic rings. The molecule has 4 aromatic carbocycles. The first-order valence-corrected chi connectivity index (χ1v) is 14.1. The lowest BCUT2D eigenvalue weighted by atomic mass is 10.1. The van der Waals surface area contributed by atoms with Crippen molar-refractivity contribution in [3.05, 3.63) is 144 Å². The van der Waals surface area contributed by atoms with Crippen LogP contribution in [0.3, 0.4) is 0 Å². The number of benzene rings is 4. The molecule has 0 aromatic heterocycles. The van der Waals surface area contributed by atoms with Gasteiger partial charge in [0.25, 0.3) is 0 Å². The lowest BCUT2D eigenvalue weighted by Crippen LogP contribution is -2.23. The Morgan fingerprint density at radius 1 is 0.605 bits per heavy atom. The number of rotatable bonds is 10. The molecule has 0 amide bonds. The highest BCUT2D eigenvalue weighted by atomic mass is 32.2. The lowest BCUT2D eigenvalue weighted by Gasteiger charge is -2.08. The summed E-state index contributed by atoms with van der Waals surface area (Å²) in [5.41, 5.74) is 5.07. The van der Waals surface area contributed by atoms with Crippen LogP contribution in [0, 0.1) is 0 Å². The maximum Gasteiger partial charge on any atom is 0.156 e. The van der Waals surface area contributed by atoms with Crippen LogP contribution in [-0.2, 0) is 25.9 Å². The van der Waals surface area contributed by atoms with Gasteiger partial charge in [0.05, 0.1) is 25.6 Å². The van der Waals surface area contributed by atoms with Gasteiger partial charge in [0.15, 0.2) is 5.17 Å². The predicted molar refractivity (Wildman–Crippen MR) is 164 cm³/mol. The molecule has 0 aliphatic rings. The number of hydrogen-bond acceptors (Lipinski definition) is 4. The lowest BCUT2D eigenvalue weighted by molar-refractivity contribution is 0.866. The molecule has 0 atom stereocenters. The Balaban J connectivity index is 0.000000212. The van der Waals surface area contributed by atoms with Crippen molar-refractivity contribution in [2.75, 3.05) is 19.3 Å². The quantitative estimate of drug-likeness (QED) is 0.176. The van der Waals surface area contributed by atoms with Gasteiger partial charge in [0, 0.05) is 6.54 Å². The van der Waals surface area contributed by atoms with E-state index in [2.05, 4.69) is 93.2 Å². The van der Waals surface area contributed by atoms with Crippen LogP contribution < -0.4 is 5.32 Å². The summed E-state index contributed by atoms with van der Waals surface area (Å²) in [6.45, 7) is 3.03. The molecule has 1 N–H and O–H groups in total. The molecule has 0 fully saturated rings. The first kappa shape index (κ1) is 28.6. The Labute approximate surface area is 231 Å². The minimum Gasteiger partial charge on any atom is -0.365 e. The van der Waals surface area contributed by atoms with Gasteiger partial charge in [-0.15, -0.1) is 0 Å². The average Bonchev–Trinajstić information content (AvgIpc) is 2.99. The van der Waals surface area contributed by atoms with Crippen molar-refractivity contribution in [3.8, 4) is 0 Å². The second-order valence-electron chi connectivity index (χ2n) is 8.49. The van der Waals surface area contributed by atoms with Gasteiger partial charge in [-0.25, -0.2) is 9.98 Å². The van der Waals surface area contributed by atoms with Crippen LogP contribution in [0.15, 0.2) is 136 Å². The van der Waals surface area contributed by atoms with Crippen molar-refractivity contribution in [1.82, 2.24) is 5.32 Å². The molecule has 0 saturated heterocycles. The molecule has 0 aliphatic carbocycles. The van der Waals surface area contributed by atoms with Gasteiger partial charge in [-0.05, 0) is 41.4 Å². The number of hydrogen-bond donors (Lipinski definition) is 1.